The van der Waals surface area contributed by atoms with E-state index in [0.29, 0.717) is 11.5 Å². The van der Waals surface area contributed by atoms with Crippen LogP contribution in [0.15, 0.2) is 22.8 Å². The van der Waals surface area contributed by atoms with Gasteiger partial charge in [0.2, 0.25) is 0 Å². The molecular formula is C12H16F2. The van der Waals surface area contributed by atoms with E-state index in [-0.39, 0.29) is 5.92 Å². The Hall–Kier alpha value is -0.660. The molecule has 1 saturated carbocycles. The lowest BCUT2D eigenvalue weighted by Crippen LogP contribution is -2.20. The molecule has 0 heterocycles. The van der Waals surface area contributed by atoms with E-state index < -0.39 is 11.7 Å². The van der Waals surface area contributed by atoms with Crippen LogP contribution < -0.4 is 0 Å². The number of fused-ring (bicyclic) bond motifs is 1. The second-order valence-electron chi connectivity index (χ2n) is 4.72. The summed E-state index contributed by atoms with van der Waals surface area (Å²) in [4.78, 5) is 0. The third-order valence-corrected chi connectivity index (χ3v) is 3.47. The van der Waals surface area contributed by atoms with Crippen molar-refractivity contribution in [1.82, 2.24) is 0 Å². The van der Waals surface area contributed by atoms with E-state index in [9.17, 15) is 8.78 Å². The SMILES string of the molecule is CC1=C(F)C(F)=C2CC(C)CCC2C1. The normalized spacial score (nSPS) is 33.4. The van der Waals surface area contributed by atoms with Gasteiger partial charge in [-0.2, -0.15) is 0 Å². The van der Waals surface area contributed by atoms with Crippen LogP contribution in [0.1, 0.15) is 39.5 Å². The van der Waals surface area contributed by atoms with Crippen LogP contribution in [0, 0.1) is 11.8 Å². The van der Waals surface area contributed by atoms with Crippen LogP contribution >= 0.6 is 0 Å². The van der Waals surface area contributed by atoms with Crippen molar-refractivity contribution in [1.29, 1.82) is 0 Å². The molecule has 0 aromatic rings. The van der Waals surface area contributed by atoms with Crippen molar-refractivity contribution in [2.75, 3.05) is 0 Å². The summed E-state index contributed by atoms with van der Waals surface area (Å²) in [7, 11) is 0. The highest BCUT2D eigenvalue weighted by atomic mass is 19.2. The highest BCUT2D eigenvalue weighted by Crippen LogP contribution is 2.44. The maximum Gasteiger partial charge on any atom is 0.158 e. The molecule has 78 valence electrons. The summed E-state index contributed by atoms with van der Waals surface area (Å²) in [5.41, 5.74) is 1.33. The molecule has 0 aromatic carbocycles. The van der Waals surface area contributed by atoms with Gasteiger partial charge >= 0.3 is 0 Å². The van der Waals surface area contributed by atoms with Gasteiger partial charge < -0.3 is 0 Å². The maximum absolute atomic E-state index is 13.6. The predicted molar refractivity (Wildman–Crippen MR) is 53.1 cm³/mol. The van der Waals surface area contributed by atoms with Gasteiger partial charge in [0.25, 0.3) is 0 Å². The van der Waals surface area contributed by atoms with E-state index in [0.717, 1.165) is 31.3 Å². The Morgan fingerprint density at radius 1 is 1.07 bits per heavy atom. The first-order valence-electron chi connectivity index (χ1n) is 5.33. The minimum atomic E-state index is -0.592. The molecule has 2 heteroatoms. The summed E-state index contributed by atoms with van der Waals surface area (Å²) in [5.74, 6) is -0.348. The number of allylic oxidation sites excluding steroid dienone is 4. The first kappa shape index (κ1) is 9.88. The monoisotopic (exact) mass is 198 g/mol. The fraction of sp³-hybridized carbons (Fsp3) is 0.667. The number of hydrogen-bond acceptors (Lipinski definition) is 0. The summed E-state index contributed by atoms with van der Waals surface area (Å²) >= 11 is 0. The lowest BCUT2D eigenvalue weighted by molar-refractivity contribution is 0.338. The molecule has 2 rings (SSSR count). The zero-order valence-corrected chi connectivity index (χ0v) is 8.74. The van der Waals surface area contributed by atoms with Crippen LogP contribution in [0.4, 0.5) is 8.78 Å². The zero-order valence-electron chi connectivity index (χ0n) is 8.74. The van der Waals surface area contributed by atoms with Gasteiger partial charge in [-0.1, -0.05) is 6.92 Å². The Kier molecular flexibility index (Phi) is 2.46. The molecule has 0 aromatic heterocycles. The Balaban J connectivity index is 2.34. The molecule has 0 spiro atoms. The van der Waals surface area contributed by atoms with Crippen molar-refractivity contribution in [2.24, 2.45) is 11.8 Å². The molecular weight excluding hydrogens is 182 g/mol. The molecule has 0 N–H and O–H groups in total. The predicted octanol–water partition coefficient (Wildman–Crippen LogP) is 4.29. The highest BCUT2D eigenvalue weighted by Gasteiger charge is 2.32. The van der Waals surface area contributed by atoms with Gasteiger partial charge in [-0.15, -0.1) is 0 Å². The van der Waals surface area contributed by atoms with E-state index in [1.165, 1.54) is 0 Å². The van der Waals surface area contributed by atoms with Crippen molar-refractivity contribution in [3.05, 3.63) is 22.8 Å². The molecule has 2 aliphatic rings. The third-order valence-electron chi connectivity index (χ3n) is 3.47. The Labute approximate surface area is 83.7 Å². The van der Waals surface area contributed by atoms with Crippen molar-refractivity contribution >= 4 is 0 Å². The van der Waals surface area contributed by atoms with Crippen LogP contribution in [0.25, 0.3) is 0 Å². The molecule has 2 atom stereocenters. The molecule has 14 heavy (non-hydrogen) atoms. The van der Waals surface area contributed by atoms with E-state index in [1.807, 2.05) is 0 Å². The van der Waals surface area contributed by atoms with Crippen LogP contribution in [0.3, 0.4) is 0 Å². The summed E-state index contributed by atoms with van der Waals surface area (Å²) in [6.07, 6.45) is 3.64. The second kappa shape index (κ2) is 3.48. The maximum atomic E-state index is 13.6. The summed E-state index contributed by atoms with van der Waals surface area (Å²) in [6, 6.07) is 0. The zero-order chi connectivity index (χ0) is 10.3. The summed E-state index contributed by atoms with van der Waals surface area (Å²) in [5, 5.41) is 0. The average molecular weight is 198 g/mol. The standard InChI is InChI=1S/C12H16F2/c1-7-3-4-9-6-8(2)11(13)12(14)10(9)5-7/h7,9H,3-6H2,1-2H3. The first-order chi connectivity index (χ1) is 6.59. The Morgan fingerprint density at radius 3 is 2.50 bits per heavy atom. The van der Waals surface area contributed by atoms with Crippen LogP contribution in [-0.4, -0.2) is 0 Å². The third kappa shape index (κ3) is 1.51. The second-order valence-corrected chi connectivity index (χ2v) is 4.72. The smallest absolute Gasteiger partial charge is 0.158 e. The molecule has 0 bridgehead atoms. The quantitative estimate of drug-likeness (QED) is 0.544. The minimum Gasteiger partial charge on any atom is -0.204 e. The van der Waals surface area contributed by atoms with Gasteiger partial charge in [0, 0.05) is 0 Å². The molecule has 1 fully saturated rings. The molecule has 0 saturated heterocycles. The molecule has 2 unspecified atom stereocenters. The fourth-order valence-corrected chi connectivity index (χ4v) is 2.59. The van der Waals surface area contributed by atoms with Gasteiger partial charge in [-0.05, 0) is 55.6 Å². The van der Waals surface area contributed by atoms with Crippen molar-refractivity contribution in [3.63, 3.8) is 0 Å². The van der Waals surface area contributed by atoms with E-state index in [2.05, 4.69) is 6.92 Å². The van der Waals surface area contributed by atoms with Gasteiger partial charge in [0.1, 0.15) is 0 Å². The largest absolute Gasteiger partial charge is 0.204 e. The van der Waals surface area contributed by atoms with Crippen LogP contribution in [0.5, 0.6) is 0 Å². The minimum absolute atomic E-state index is 0.283. The first-order valence-corrected chi connectivity index (χ1v) is 5.33. The van der Waals surface area contributed by atoms with Crippen molar-refractivity contribution < 1.29 is 8.78 Å². The number of halogens is 2. The lowest BCUT2D eigenvalue weighted by Gasteiger charge is -2.32. The van der Waals surface area contributed by atoms with Crippen LogP contribution in [0.2, 0.25) is 0 Å². The molecule has 0 radical (unpaired) electrons. The average Bonchev–Trinajstić information content (AvgIpc) is 2.16. The molecule has 0 aliphatic heterocycles. The Bertz CT molecular complexity index is 312. The van der Waals surface area contributed by atoms with Gasteiger partial charge in [-0.25, -0.2) is 8.78 Å². The Morgan fingerprint density at radius 2 is 1.79 bits per heavy atom. The molecule has 0 nitrogen and oxygen atoms in total. The highest BCUT2D eigenvalue weighted by molar-refractivity contribution is 5.36. The fourth-order valence-electron chi connectivity index (χ4n) is 2.59. The van der Waals surface area contributed by atoms with Gasteiger partial charge in [-0.3, -0.25) is 0 Å². The lowest BCUT2D eigenvalue weighted by atomic mass is 9.73. The van der Waals surface area contributed by atoms with Crippen LogP contribution in [-0.2, 0) is 0 Å². The van der Waals surface area contributed by atoms with E-state index in [4.69, 9.17) is 0 Å². The van der Waals surface area contributed by atoms with Crippen molar-refractivity contribution in [3.8, 4) is 0 Å². The van der Waals surface area contributed by atoms with Crippen molar-refractivity contribution in [2.45, 2.75) is 39.5 Å². The van der Waals surface area contributed by atoms with E-state index >= 15 is 0 Å². The topological polar surface area (TPSA) is 0 Å². The van der Waals surface area contributed by atoms with Gasteiger partial charge in [0.05, 0.1) is 0 Å². The summed E-state index contributed by atoms with van der Waals surface area (Å²) < 4.78 is 26.9. The number of hydrogen-bond donors (Lipinski definition) is 0. The molecule has 2 aliphatic carbocycles. The van der Waals surface area contributed by atoms with Gasteiger partial charge in [0.15, 0.2) is 11.7 Å². The summed E-state index contributed by atoms with van der Waals surface area (Å²) in [6.45, 7) is 3.81. The number of rotatable bonds is 0. The van der Waals surface area contributed by atoms with E-state index in [1.54, 1.807) is 6.92 Å². The molecule has 0 amide bonds.